The molecule has 1 N–H and O–H groups in total. The van der Waals surface area contributed by atoms with Crippen molar-refractivity contribution in [3.8, 4) is 0 Å². The Labute approximate surface area is 245 Å². The summed E-state index contributed by atoms with van der Waals surface area (Å²) in [5.74, 6) is -1.30. The van der Waals surface area contributed by atoms with Gasteiger partial charge in [0, 0.05) is 44.6 Å². The van der Waals surface area contributed by atoms with Gasteiger partial charge in [0.2, 0.25) is 17.7 Å². The Morgan fingerprint density at radius 2 is 1.41 bits per heavy atom. The summed E-state index contributed by atoms with van der Waals surface area (Å²) in [5, 5.41) is 9.12. The summed E-state index contributed by atoms with van der Waals surface area (Å²) in [6, 6.07) is 19.2. The number of benzene rings is 2. The van der Waals surface area contributed by atoms with E-state index in [1.807, 2.05) is 82.6 Å². The number of fused-ring (bicyclic) bond motifs is 2. The molecular weight excluding hydrogens is 534 g/mol. The third-order valence-electron chi connectivity index (χ3n) is 8.82. The monoisotopic (exact) mass is 571 g/mol. The van der Waals surface area contributed by atoms with Gasteiger partial charge in [0.1, 0.15) is 6.04 Å². The molecule has 4 aliphatic heterocycles. The Bertz CT molecular complexity index is 1330. The zero-order valence-corrected chi connectivity index (χ0v) is 24.0. The minimum atomic E-state index is -0.804. The van der Waals surface area contributed by atoms with Crippen LogP contribution in [0.5, 0.6) is 0 Å². The van der Waals surface area contributed by atoms with Gasteiger partial charge in [0.25, 0.3) is 0 Å². The SMILES string of the molecule is O=C1C2N(CCCCCO)C(=O)[C@@H]3[C@H]4C(=O)N(Cc5ccccc5)CC=C[C@H]4S[C@]23C=CCN1Cc1ccccc1. The maximum absolute atomic E-state index is 14.4. The highest BCUT2D eigenvalue weighted by molar-refractivity contribution is 8.02. The standard InChI is InChI=1S/C33H37N3O4S/c37-21-9-3-8-20-36-29-32(40)35(23-25-14-6-2-7-15-25)19-11-17-33(29)28(31(36)39)27-26(41-33)16-10-18-34(30(27)38)22-24-12-4-1-5-13-24/h1-2,4-7,10-17,26-29,37H,3,8-9,18-23H2/t26-,27+,28+,29?,33+/m1/s1. The first-order valence-electron chi connectivity index (χ1n) is 14.6. The molecule has 214 valence electrons. The van der Waals surface area contributed by atoms with Gasteiger partial charge in [0.05, 0.1) is 16.6 Å². The number of rotatable bonds is 9. The second kappa shape index (κ2) is 11.9. The predicted octanol–water partition coefficient (Wildman–Crippen LogP) is 3.64. The lowest BCUT2D eigenvalue weighted by atomic mass is 9.78. The zero-order valence-electron chi connectivity index (χ0n) is 23.2. The van der Waals surface area contributed by atoms with Crippen LogP contribution in [0.15, 0.2) is 85.0 Å². The second-order valence-corrected chi connectivity index (χ2v) is 12.9. The molecule has 2 aromatic carbocycles. The van der Waals surface area contributed by atoms with E-state index in [0.29, 0.717) is 45.6 Å². The summed E-state index contributed by atoms with van der Waals surface area (Å²) in [6.45, 7) is 2.47. The fourth-order valence-electron chi connectivity index (χ4n) is 6.94. The summed E-state index contributed by atoms with van der Waals surface area (Å²) in [5.41, 5.74) is 2.09. The van der Waals surface area contributed by atoms with Crippen LogP contribution in [-0.4, -0.2) is 79.8 Å². The molecular formula is C33H37N3O4S. The molecule has 4 aliphatic rings. The van der Waals surface area contributed by atoms with E-state index in [4.69, 9.17) is 0 Å². The van der Waals surface area contributed by atoms with Crippen LogP contribution in [0.25, 0.3) is 0 Å². The number of aliphatic hydroxyl groups excluding tert-OH is 1. The largest absolute Gasteiger partial charge is 0.396 e. The van der Waals surface area contributed by atoms with Crippen molar-refractivity contribution in [1.82, 2.24) is 14.7 Å². The van der Waals surface area contributed by atoms with Crippen molar-refractivity contribution >= 4 is 29.5 Å². The van der Waals surface area contributed by atoms with E-state index in [1.54, 1.807) is 16.7 Å². The maximum Gasteiger partial charge on any atom is 0.247 e. The fourth-order valence-corrected chi connectivity index (χ4v) is 8.95. The lowest BCUT2D eigenvalue weighted by Crippen LogP contribution is -2.53. The summed E-state index contributed by atoms with van der Waals surface area (Å²) in [6.07, 6.45) is 10.4. The van der Waals surface area contributed by atoms with Gasteiger partial charge in [-0.3, -0.25) is 14.4 Å². The lowest BCUT2D eigenvalue weighted by Gasteiger charge is -2.35. The Kier molecular flexibility index (Phi) is 8.04. The predicted molar refractivity (Wildman–Crippen MR) is 160 cm³/mol. The number of hydrogen-bond acceptors (Lipinski definition) is 5. The smallest absolute Gasteiger partial charge is 0.247 e. The lowest BCUT2D eigenvalue weighted by molar-refractivity contribution is -0.144. The van der Waals surface area contributed by atoms with Crippen molar-refractivity contribution in [3.63, 3.8) is 0 Å². The molecule has 1 unspecified atom stereocenters. The Morgan fingerprint density at radius 1 is 0.780 bits per heavy atom. The average Bonchev–Trinajstić information content (AvgIpc) is 3.31. The molecule has 4 heterocycles. The van der Waals surface area contributed by atoms with Crippen LogP contribution >= 0.6 is 11.8 Å². The molecule has 0 bridgehead atoms. The van der Waals surface area contributed by atoms with Crippen molar-refractivity contribution in [2.24, 2.45) is 11.8 Å². The fraction of sp³-hybridized carbons (Fsp3) is 0.424. The number of unbranched alkanes of at least 4 members (excludes halogenated alkanes) is 2. The quantitative estimate of drug-likeness (QED) is 0.367. The Balaban J connectivity index is 1.34. The zero-order chi connectivity index (χ0) is 28.4. The van der Waals surface area contributed by atoms with Gasteiger partial charge in [-0.05, 0) is 30.4 Å². The van der Waals surface area contributed by atoms with Crippen molar-refractivity contribution < 1.29 is 19.5 Å². The third kappa shape index (κ3) is 5.12. The minimum Gasteiger partial charge on any atom is -0.396 e. The first kappa shape index (κ1) is 27.8. The third-order valence-corrected chi connectivity index (χ3v) is 10.6. The molecule has 2 aromatic rings. The first-order valence-corrected chi connectivity index (χ1v) is 15.5. The minimum absolute atomic E-state index is 0.0151. The van der Waals surface area contributed by atoms with Crippen LogP contribution in [-0.2, 0) is 27.5 Å². The van der Waals surface area contributed by atoms with E-state index in [1.165, 1.54) is 0 Å². The molecule has 1 spiro atoms. The van der Waals surface area contributed by atoms with Gasteiger partial charge in [-0.15, -0.1) is 11.8 Å². The highest BCUT2D eigenvalue weighted by Gasteiger charge is 2.70. The number of carbonyl (C=O) groups excluding carboxylic acids is 3. The van der Waals surface area contributed by atoms with Crippen molar-refractivity contribution in [1.29, 1.82) is 0 Å². The molecule has 41 heavy (non-hydrogen) atoms. The van der Waals surface area contributed by atoms with Gasteiger partial charge >= 0.3 is 0 Å². The molecule has 2 fully saturated rings. The van der Waals surface area contributed by atoms with Crippen LogP contribution in [0.3, 0.4) is 0 Å². The van der Waals surface area contributed by atoms with Gasteiger partial charge in [0.15, 0.2) is 0 Å². The van der Waals surface area contributed by atoms with Crippen LogP contribution in [0.4, 0.5) is 0 Å². The molecule has 0 aromatic heterocycles. The number of thioether (sulfide) groups is 1. The Morgan fingerprint density at radius 3 is 2.07 bits per heavy atom. The van der Waals surface area contributed by atoms with E-state index in [0.717, 1.165) is 17.5 Å². The van der Waals surface area contributed by atoms with E-state index >= 15 is 0 Å². The number of carbonyl (C=O) groups is 3. The molecule has 2 saturated heterocycles. The normalized spacial score (nSPS) is 28.9. The van der Waals surface area contributed by atoms with E-state index < -0.39 is 22.6 Å². The van der Waals surface area contributed by atoms with E-state index in [2.05, 4.69) is 12.2 Å². The maximum atomic E-state index is 14.4. The van der Waals surface area contributed by atoms with Crippen LogP contribution < -0.4 is 0 Å². The second-order valence-electron chi connectivity index (χ2n) is 11.4. The summed E-state index contributed by atoms with van der Waals surface area (Å²) in [4.78, 5) is 48.5. The Hall–Kier alpha value is -3.36. The highest BCUT2D eigenvalue weighted by atomic mass is 32.2. The topological polar surface area (TPSA) is 81.2 Å². The summed E-state index contributed by atoms with van der Waals surface area (Å²) in [7, 11) is 0. The molecule has 8 heteroatoms. The number of amides is 3. The van der Waals surface area contributed by atoms with E-state index in [-0.39, 0.29) is 29.6 Å². The highest BCUT2D eigenvalue weighted by Crippen LogP contribution is 2.61. The van der Waals surface area contributed by atoms with Crippen LogP contribution in [0.1, 0.15) is 30.4 Å². The summed E-state index contributed by atoms with van der Waals surface area (Å²) >= 11 is 1.63. The molecule has 7 nitrogen and oxygen atoms in total. The molecule has 0 aliphatic carbocycles. The first-order chi connectivity index (χ1) is 20.0. The van der Waals surface area contributed by atoms with Gasteiger partial charge in [-0.25, -0.2) is 0 Å². The number of nitrogens with zero attached hydrogens (tertiary/aromatic N) is 3. The number of aliphatic hydroxyl groups is 1. The van der Waals surface area contributed by atoms with Gasteiger partial charge < -0.3 is 19.8 Å². The van der Waals surface area contributed by atoms with Crippen LogP contribution in [0, 0.1) is 11.8 Å². The van der Waals surface area contributed by atoms with E-state index in [9.17, 15) is 19.5 Å². The van der Waals surface area contributed by atoms with Crippen molar-refractivity contribution in [3.05, 3.63) is 96.1 Å². The van der Waals surface area contributed by atoms with Crippen molar-refractivity contribution in [2.75, 3.05) is 26.2 Å². The van der Waals surface area contributed by atoms with Crippen LogP contribution in [0.2, 0.25) is 0 Å². The molecule has 5 atom stereocenters. The molecule has 0 radical (unpaired) electrons. The molecule has 6 rings (SSSR count). The average molecular weight is 572 g/mol. The van der Waals surface area contributed by atoms with Gasteiger partial charge in [-0.2, -0.15) is 0 Å². The summed E-state index contributed by atoms with van der Waals surface area (Å²) < 4.78 is -0.804. The number of hydrogen-bond donors (Lipinski definition) is 1. The molecule has 0 saturated carbocycles. The van der Waals surface area contributed by atoms with Gasteiger partial charge in [-0.1, -0.05) is 85.0 Å². The number of likely N-dealkylation sites (tertiary alicyclic amines) is 1. The molecule has 3 amide bonds. The van der Waals surface area contributed by atoms with Crippen molar-refractivity contribution in [2.45, 2.75) is 48.4 Å².